The number of benzene rings is 1. The van der Waals surface area contributed by atoms with Crippen molar-refractivity contribution in [2.75, 3.05) is 13.7 Å². The number of aromatic nitrogens is 1. The summed E-state index contributed by atoms with van der Waals surface area (Å²) in [5, 5.41) is 3.48. The third-order valence-electron chi connectivity index (χ3n) is 3.64. The quantitative estimate of drug-likeness (QED) is 0.674. The molecule has 0 aliphatic heterocycles. The van der Waals surface area contributed by atoms with Gasteiger partial charge in [-0.05, 0) is 31.2 Å². The van der Waals surface area contributed by atoms with Crippen LogP contribution in [0.15, 0.2) is 42.6 Å². The Morgan fingerprint density at radius 3 is 2.74 bits per heavy atom. The Labute approximate surface area is 138 Å². The van der Waals surface area contributed by atoms with Gasteiger partial charge >= 0.3 is 0 Å². The standard InChI is InChI=1S/C19H26N2O2/c1-3-4-6-12-20-14-16-9-8-11-18(22-2)19(16)23-15-17-10-5-7-13-21-17/h5,7-11,13,20H,3-4,6,12,14-15H2,1-2H3. The molecule has 124 valence electrons. The lowest BCUT2D eigenvalue weighted by Crippen LogP contribution is -2.15. The van der Waals surface area contributed by atoms with Crippen LogP contribution in [0.2, 0.25) is 0 Å². The molecular formula is C19H26N2O2. The maximum Gasteiger partial charge on any atom is 0.166 e. The zero-order valence-electron chi connectivity index (χ0n) is 14.0. The lowest BCUT2D eigenvalue weighted by Gasteiger charge is -2.15. The first-order chi connectivity index (χ1) is 11.3. The van der Waals surface area contributed by atoms with Crippen LogP contribution < -0.4 is 14.8 Å². The van der Waals surface area contributed by atoms with Crippen molar-refractivity contribution >= 4 is 0 Å². The second-order valence-corrected chi connectivity index (χ2v) is 5.44. The molecule has 1 N–H and O–H groups in total. The lowest BCUT2D eigenvalue weighted by atomic mass is 10.1. The van der Waals surface area contributed by atoms with Gasteiger partial charge in [0, 0.05) is 18.3 Å². The van der Waals surface area contributed by atoms with Crippen LogP contribution in [0.4, 0.5) is 0 Å². The number of ether oxygens (including phenoxy) is 2. The van der Waals surface area contributed by atoms with E-state index in [9.17, 15) is 0 Å². The van der Waals surface area contributed by atoms with Gasteiger partial charge in [0.05, 0.1) is 12.8 Å². The molecule has 0 unspecified atom stereocenters. The number of hydrogen-bond acceptors (Lipinski definition) is 4. The number of nitrogens with zero attached hydrogens (tertiary/aromatic N) is 1. The van der Waals surface area contributed by atoms with E-state index in [1.54, 1.807) is 13.3 Å². The normalized spacial score (nSPS) is 10.5. The minimum atomic E-state index is 0.435. The van der Waals surface area contributed by atoms with Gasteiger partial charge in [-0.15, -0.1) is 0 Å². The fourth-order valence-corrected chi connectivity index (χ4v) is 2.38. The molecule has 0 radical (unpaired) electrons. The molecule has 23 heavy (non-hydrogen) atoms. The summed E-state index contributed by atoms with van der Waals surface area (Å²) in [5.74, 6) is 1.55. The van der Waals surface area contributed by atoms with Crippen LogP contribution in [-0.2, 0) is 13.2 Å². The molecule has 4 heteroatoms. The average molecular weight is 314 g/mol. The number of pyridine rings is 1. The summed E-state index contributed by atoms with van der Waals surface area (Å²) in [6.45, 7) is 4.44. The van der Waals surface area contributed by atoms with Crippen molar-refractivity contribution in [1.82, 2.24) is 10.3 Å². The van der Waals surface area contributed by atoms with Gasteiger partial charge in [0.1, 0.15) is 6.61 Å². The molecule has 0 saturated carbocycles. The van der Waals surface area contributed by atoms with E-state index < -0.39 is 0 Å². The van der Waals surface area contributed by atoms with Crippen molar-refractivity contribution in [2.45, 2.75) is 39.3 Å². The van der Waals surface area contributed by atoms with Crippen molar-refractivity contribution in [3.63, 3.8) is 0 Å². The number of para-hydroxylation sites is 1. The summed E-state index contributed by atoms with van der Waals surface area (Å²) in [4.78, 5) is 4.29. The Bertz CT molecular complexity index is 573. The van der Waals surface area contributed by atoms with E-state index in [1.807, 2.05) is 30.3 Å². The van der Waals surface area contributed by atoms with Gasteiger partial charge in [0.25, 0.3) is 0 Å². The highest BCUT2D eigenvalue weighted by molar-refractivity contribution is 5.46. The summed E-state index contributed by atoms with van der Waals surface area (Å²) >= 11 is 0. The van der Waals surface area contributed by atoms with E-state index in [2.05, 4.69) is 23.3 Å². The molecule has 0 saturated heterocycles. The molecular weight excluding hydrogens is 288 g/mol. The minimum Gasteiger partial charge on any atom is -0.493 e. The fourth-order valence-electron chi connectivity index (χ4n) is 2.38. The average Bonchev–Trinajstić information content (AvgIpc) is 2.61. The lowest BCUT2D eigenvalue weighted by molar-refractivity contribution is 0.277. The summed E-state index contributed by atoms with van der Waals surface area (Å²) in [6, 6.07) is 11.8. The van der Waals surface area contributed by atoms with Crippen molar-refractivity contribution in [2.24, 2.45) is 0 Å². The van der Waals surface area contributed by atoms with E-state index in [4.69, 9.17) is 9.47 Å². The zero-order chi connectivity index (χ0) is 16.3. The molecule has 0 aliphatic carbocycles. The third kappa shape index (κ3) is 5.57. The first kappa shape index (κ1) is 17.3. The molecule has 0 fully saturated rings. The van der Waals surface area contributed by atoms with Crippen molar-refractivity contribution < 1.29 is 9.47 Å². The van der Waals surface area contributed by atoms with E-state index in [1.165, 1.54) is 19.3 Å². The highest BCUT2D eigenvalue weighted by atomic mass is 16.5. The van der Waals surface area contributed by atoms with E-state index in [0.717, 1.165) is 35.8 Å². The number of nitrogens with one attached hydrogen (secondary N) is 1. The van der Waals surface area contributed by atoms with Crippen LogP contribution in [0.1, 0.15) is 37.4 Å². The van der Waals surface area contributed by atoms with Crippen molar-refractivity contribution in [3.8, 4) is 11.5 Å². The number of rotatable bonds is 10. The van der Waals surface area contributed by atoms with Crippen LogP contribution in [0.25, 0.3) is 0 Å². The van der Waals surface area contributed by atoms with E-state index in [-0.39, 0.29) is 0 Å². The van der Waals surface area contributed by atoms with Crippen molar-refractivity contribution in [3.05, 3.63) is 53.9 Å². The van der Waals surface area contributed by atoms with Gasteiger partial charge in [-0.3, -0.25) is 4.98 Å². The van der Waals surface area contributed by atoms with Crippen LogP contribution in [0.5, 0.6) is 11.5 Å². The highest BCUT2D eigenvalue weighted by Gasteiger charge is 2.11. The topological polar surface area (TPSA) is 43.4 Å². The zero-order valence-corrected chi connectivity index (χ0v) is 14.0. The summed E-state index contributed by atoms with van der Waals surface area (Å²) in [7, 11) is 1.67. The van der Waals surface area contributed by atoms with Crippen molar-refractivity contribution in [1.29, 1.82) is 0 Å². The molecule has 1 aromatic carbocycles. The van der Waals surface area contributed by atoms with E-state index in [0.29, 0.717) is 6.61 Å². The summed E-state index contributed by atoms with van der Waals surface area (Å²) in [6.07, 6.45) is 5.47. The SMILES string of the molecule is CCCCCNCc1cccc(OC)c1OCc1ccccn1. The third-order valence-corrected chi connectivity index (χ3v) is 3.64. The number of unbranched alkanes of at least 4 members (excludes halogenated alkanes) is 2. The van der Waals surface area contributed by atoms with Gasteiger partial charge in [0.2, 0.25) is 0 Å². The minimum absolute atomic E-state index is 0.435. The molecule has 0 amide bonds. The van der Waals surface area contributed by atoms with Crippen LogP contribution >= 0.6 is 0 Å². The molecule has 0 spiro atoms. The van der Waals surface area contributed by atoms with Gasteiger partial charge in [0.15, 0.2) is 11.5 Å². The smallest absolute Gasteiger partial charge is 0.166 e. The van der Waals surface area contributed by atoms with Gasteiger partial charge in [-0.1, -0.05) is 38.0 Å². The second kappa shape index (κ2) is 9.85. The van der Waals surface area contributed by atoms with Crippen LogP contribution in [0.3, 0.4) is 0 Å². The molecule has 0 bridgehead atoms. The molecule has 2 aromatic rings. The monoisotopic (exact) mass is 314 g/mol. The van der Waals surface area contributed by atoms with Crippen LogP contribution in [-0.4, -0.2) is 18.6 Å². The Morgan fingerprint density at radius 1 is 1.09 bits per heavy atom. The second-order valence-electron chi connectivity index (χ2n) is 5.44. The first-order valence-electron chi connectivity index (χ1n) is 8.24. The summed E-state index contributed by atoms with van der Waals surface area (Å²) in [5.41, 5.74) is 2.01. The molecule has 2 rings (SSSR count). The van der Waals surface area contributed by atoms with Gasteiger partial charge < -0.3 is 14.8 Å². The van der Waals surface area contributed by atoms with E-state index >= 15 is 0 Å². The van der Waals surface area contributed by atoms with Gasteiger partial charge in [-0.25, -0.2) is 0 Å². The number of methoxy groups -OCH3 is 1. The summed E-state index contributed by atoms with van der Waals surface area (Å²) < 4.78 is 11.4. The fraction of sp³-hybridized carbons (Fsp3) is 0.421. The largest absolute Gasteiger partial charge is 0.493 e. The first-order valence-corrected chi connectivity index (χ1v) is 8.24. The Balaban J connectivity index is 2.00. The predicted molar refractivity (Wildman–Crippen MR) is 92.8 cm³/mol. The van der Waals surface area contributed by atoms with Gasteiger partial charge in [-0.2, -0.15) is 0 Å². The maximum absolute atomic E-state index is 6.00. The number of hydrogen-bond donors (Lipinski definition) is 1. The Hall–Kier alpha value is -2.07. The van der Waals surface area contributed by atoms with Crippen LogP contribution in [0, 0.1) is 0 Å². The Morgan fingerprint density at radius 2 is 2.00 bits per heavy atom. The maximum atomic E-state index is 6.00. The molecule has 1 heterocycles. The molecule has 0 aliphatic rings. The highest BCUT2D eigenvalue weighted by Crippen LogP contribution is 2.31. The predicted octanol–water partition coefficient (Wildman–Crippen LogP) is 3.95. The molecule has 0 atom stereocenters. The molecule has 4 nitrogen and oxygen atoms in total. The molecule has 1 aromatic heterocycles. The Kier molecular flexibility index (Phi) is 7.40.